The van der Waals surface area contributed by atoms with Crippen molar-refractivity contribution in [3.8, 4) is 0 Å². The van der Waals surface area contributed by atoms with E-state index in [1.165, 1.54) is 7.11 Å². The highest BCUT2D eigenvalue weighted by molar-refractivity contribution is 6.48. The third-order valence-electron chi connectivity index (χ3n) is 2.62. The fraction of sp³-hybridized carbons (Fsp3) is 0.571. The highest BCUT2D eigenvalue weighted by atomic mass is 28.3. The average Bonchev–Trinajstić information content (AvgIpc) is 2.34. The van der Waals surface area contributed by atoms with Crippen LogP contribution in [-0.4, -0.2) is 27.1 Å². The zero-order valence-electron chi connectivity index (χ0n) is 12.5. The summed E-state index contributed by atoms with van der Waals surface area (Å²) < 4.78 is 10.7. The lowest BCUT2D eigenvalue weighted by Gasteiger charge is -2.31. The van der Waals surface area contributed by atoms with Gasteiger partial charge in [0.1, 0.15) is 0 Å². The van der Waals surface area contributed by atoms with E-state index in [2.05, 4.69) is 43.6 Å². The van der Waals surface area contributed by atoms with E-state index < -0.39 is 9.04 Å². The average molecular weight is 280 g/mol. The highest BCUT2D eigenvalue weighted by Crippen LogP contribution is 2.35. The molecule has 0 amide bonds. The molecule has 1 aromatic rings. The van der Waals surface area contributed by atoms with Crippen molar-refractivity contribution in [2.75, 3.05) is 7.11 Å². The van der Waals surface area contributed by atoms with Crippen molar-refractivity contribution in [2.24, 2.45) is 5.41 Å². The van der Waals surface area contributed by atoms with E-state index in [0.29, 0.717) is 5.56 Å². The van der Waals surface area contributed by atoms with Crippen molar-refractivity contribution < 1.29 is 14.0 Å². The molecule has 0 aromatic carbocycles. The number of carbonyl (C=O) groups excluding carboxylic acids is 1. The van der Waals surface area contributed by atoms with Gasteiger partial charge in [-0.25, -0.2) is 4.79 Å². The molecule has 5 heteroatoms. The predicted octanol–water partition coefficient (Wildman–Crippen LogP) is 3.22. The van der Waals surface area contributed by atoms with Gasteiger partial charge in [-0.05, 0) is 30.6 Å². The Balaban J connectivity index is 3.01. The maximum Gasteiger partial charge on any atom is 0.339 e. The zero-order valence-corrected chi connectivity index (χ0v) is 13.5. The summed E-state index contributed by atoms with van der Waals surface area (Å²) in [7, 11) is 0.536. The van der Waals surface area contributed by atoms with Crippen molar-refractivity contribution in [1.29, 1.82) is 0 Å². The van der Waals surface area contributed by atoms with Gasteiger partial charge in [-0.15, -0.1) is 0 Å². The quantitative estimate of drug-likeness (QED) is 0.627. The molecular weight excluding hydrogens is 258 g/mol. The van der Waals surface area contributed by atoms with Gasteiger partial charge >= 0.3 is 5.97 Å². The first-order valence-electron chi connectivity index (χ1n) is 6.26. The Bertz CT molecular complexity index is 423. The Labute approximate surface area is 116 Å². The van der Waals surface area contributed by atoms with Crippen LogP contribution in [-0.2, 0) is 9.16 Å². The molecule has 1 atom stereocenters. The number of aromatic nitrogens is 1. The van der Waals surface area contributed by atoms with E-state index in [-0.39, 0.29) is 17.5 Å². The summed E-state index contributed by atoms with van der Waals surface area (Å²) >= 11 is 0. The molecule has 0 bridgehead atoms. The number of ether oxygens (including phenoxy) is 1. The molecule has 1 unspecified atom stereocenters. The molecular formula is C14H22NO3Si. The van der Waals surface area contributed by atoms with Crippen LogP contribution in [0, 0.1) is 5.41 Å². The van der Waals surface area contributed by atoms with E-state index in [1.807, 2.05) is 6.07 Å². The van der Waals surface area contributed by atoms with Crippen molar-refractivity contribution in [2.45, 2.75) is 40.0 Å². The summed E-state index contributed by atoms with van der Waals surface area (Å²) in [5, 5.41) is 0. The minimum Gasteiger partial charge on any atom is -0.465 e. The predicted molar refractivity (Wildman–Crippen MR) is 76.3 cm³/mol. The Morgan fingerprint density at radius 1 is 1.32 bits per heavy atom. The fourth-order valence-electron chi connectivity index (χ4n) is 1.72. The molecule has 4 nitrogen and oxygen atoms in total. The molecule has 0 saturated heterocycles. The van der Waals surface area contributed by atoms with Gasteiger partial charge in [0.25, 0.3) is 0 Å². The molecule has 0 aliphatic carbocycles. The molecule has 0 aliphatic heterocycles. The minimum absolute atomic E-state index is 0.0400. The summed E-state index contributed by atoms with van der Waals surface area (Å²) in [5.41, 5.74) is 1.27. The molecule has 1 rings (SSSR count). The van der Waals surface area contributed by atoms with Crippen molar-refractivity contribution in [1.82, 2.24) is 4.98 Å². The number of hydrogen-bond donors (Lipinski definition) is 0. The number of rotatable bonds is 4. The Kier molecular flexibility index (Phi) is 5.26. The molecule has 1 heterocycles. The summed E-state index contributed by atoms with van der Waals surface area (Å²) in [5.74, 6) is -0.372. The van der Waals surface area contributed by atoms with E-state index in [1.54, 1.807) is 12.3 Å². The summed E-state index contributed by atoms with van der Waals surface area (Å²) in [6, 6.07) is 3.57. The molecule has 0 spiro atoms. The van der Waals surface area contributed by atoms with Crippen LogP contribution in [0.4, 0.5) is 0 Å². The van der Waals surface area contributed by atoms with Crippen LogP contribution in [0.3, 0.4) is 0 Å². The van der Waals surface area contributed by atoms with Gasteiger partial charge in [0.05, 0.1) is 24.5 Å². The third-order valence-corrected chi connectivity index (χ3v) is 3.32. The second-order valence-corrected chi connectivity index (χ2v) is 7.79. The fourth-order valence-corrected chi connectivity index (χ4v) is 2.66. The number of carbonyl (C=O) groups is 1. The lowest BCUT2D eigenvalue weighted by Crippen LogP contribution is -2.26. The van der Waals surface area contributed by atoms with Crippen LogP contribution in [0.15, 0.2) is 18.3 Å². The van der Waals surface area contributed by atoms with Crippen LogP contribution in [0.2, 0.25) is 13.1 Å². The monoisotopic (exact) mass is 280 g/mol. The highest BCUT2D eigenvalue weighted by Gasteiger charge is 2.29. The lowest BCUT2D eigenvalue weighted by atomic mass is 9.87. The van der Waals surface area contributed by atoms with Crippen molar-refractivity contribution in [3.05, 3.63) is 29.6 Å². The van der Waals surface area contributed by atoms with Crippen molar-refractivity contribution >= 4 is 15.0 Å². The number of esters is 1. The smallest absolute Gasteiger partial charge is 0.339 e. The second kappa shape index (κ2) is 6.30. The minimum atomic E-state index is -0.825. The molecule has 1 radical (unpaired) electrons. The topological polar surface area (TPSA) is 48.4 Å². The molecule has 0 N–H and O–H groups in total. The summed E-state index contributed by atoms with van der Waals surface area (Å²) in [6.07, 6.45) is 1.48. The normalized spacial score (nSPS) is 13.4. The summed E-state index contributed by atoms with van der Waals surface area (Å²) in [4.78, 5) is 15.7. The van der Waals surface area contributed by atoms with E-state index in [4.69, 9.17) is 4.43 Å². The van der Waals surface area contributed by atoms with Crippen LogP contribution >= 0.6 is 0 Å². The zero-order chi connectivity index (χ0) is 14.6. The number of hydrogen-bond acceptors (Lipinski definition) is 4. The Morgan fingerprint density at radius 2 is 1.95 bits per heavy atom. The van der Waals surface area contributed by atoms with Gasteiger partial charge in [-0.1, -0.05) is 20.8 Å². The second-order valence-electron chi connectivity index (χ2n) is 5.74. The van der Waals surface area contributed by atoms with Gasteiger partial charge in [0.2, 0.25) is 9.04 Å². The van der Waals surface area contributed by atoms with Gasteiger partial charge < -0.3 is 9.16 Å². The molecule has 1 aromatic heterocycles. The number of pyridine rings is 1. The molecule has 0 fully saturated rings. The first-order chi connectivity index (χ1) is 8.75. The molecule has 105 valence electrons. The number of nitrogens with zero attached hydrogens (tertiary/aromatic N) is 1. The Morgan fingerprint density at radius 3 is 2.32 bits per heavy atom. The van der Waals surface area contributed by atoms with E-state index in [9.17, 15) is 4.79 Å². The van der Waals surface area contributed by atoms with Gasteiger partial charge in [-0.3, -0.25) is 4.98 Å². The van der Waals surface area contributed by atoms with Crippen LogP contribution in [0.5, 0.6) is 0 Å². The van der Waals surface area contributed by atoms with Crippen molar-refractivity contribution in [3.63, 3.8) is 0 Å². The SMILES string of the molecule is COC(=O)c1ccc(C(O[Si](C)C)C(C)(C)C)nc1. The van der Waals surface area contributed by atoms with Crippen LogP contribution in [0.1, 0.15) is 42.9 Å². The van der Waals surface area contributed by atoms with Gasteiger partial charge in [0, 0.05) is 6.20 Å². The molecule has 0 saturated carbocycles. The van der Waals surface area contributed by atoms with Gasteiger partial charge in [-0.2, -0.15) is 0 Å². The summed E-state index contributed by atoms with van der Waals surface area (Å²) in [6.45, 7) is 10.6. The first kappa shape index (κ1) is 15.9. The largest absolute Gasteiger partial charge is 0.465 e. The van der Waals surface area contributed by atoms with E-state index >= 15 is 0 Å². The Hall–Kier alpha value is -1.20. The van der Waals surface area contributed by atoms with Gasteiger partial charge in [0.15, 0.2) is 0 Å². The first-order valence-corrected chi connectivity index (χ1v) is 8.67. The molecule has 19 heavy (non-hydrogen) atoms. The molecule has 0 aliphatic rings. The maximum atomic E-state index is 11.4. The van der Waals surface area contributed by atoms with Crippen LogP contribution < -0.4 is 0 Å². The van der Waals surface area contributed by atoms with E-state index in [0.717, 1.165) is 5.69 Å². The van der Waals surface area contributed by atoms with Crippen LogP contribution in [0.25, 0.3) is 0 Å². The standard InChI is InChI=1S/C14H22NO3Si/c1-14(2,3)12(18-19(5)6)11-8-7-10(9-15-11)13(16)17-4/h7-9,12H,1-6H3. The maximum absolute atomic E-state index is 11.4. The third kappa shape index (κ3) is 4.43. The number of methoxy groups -OCH3 is 1. The lowest BCUT2D eigenvalue weighted by molar-refractivity contribution is 0.0599.